The Balaban J connectivity index is 2.22. The quantitative estimate of drug-likeness (QED) is 0.882. The van der Waals surface area contributed by atoms with E-state index in [2.05, 4.69) is 15.0 Å². The molecule has 0 saturated heterocycles. The van der Waals surface area contributed by atoms with Crippen LogP contribution in [-0.2, 0) is 10.0 Å². The normalized spacial score (nSPS) is 11.2. The van der Waals surface area contributed by atoms with Crippen LogP contribution >= 0.6 is 0 Å². The summed E-state index contributed by atoms with van der Waals surface area (Å²) in [5.41, 5.74) is 0.378. The Morgan fingerprint density at radius 1 is 1.22 bits per heavy atom. The van der Waals surface area contributed by atoms with Gasteiger partial charge in [-0.05, 0) is 31.2 Å². The van der Waals surface area contributed by atoms with Crippen molar-refractivity contribution in [2.45, 2.75) is 12.0 Å². The minimum atomic E-state index is -3.69. The summed E-state index contributed by atoms with van der Waals surface area (Å²) in [4.78, 5) is 4.01. The molecule has 0 bridgehead atoms. The zero-order valence-corrected chi connectivity index (χ0v) is 10.8. The van der Waals surface area contributed by atoms with Gasteiger partial charge in [0.2, 0.25) is 5.09 Å². The molecular formula is C11H13N3O3S. The number of nitrogens with one attached hydrogen (secondary N) is 2. The van der Waals surface area contributed by atoms with Crippen LogP contribution in [0.1, 0.15) is 5.76 Å². The van der Waals surface area contributed by atoms with E-state index in [0.717, 1.165) is 0 Å². The summed E-state index contributed by atoms with van der Waals surface area (Å²) in [5.74, 6) is 1.20. The van der Waals surface area contributed by atoms with Gasteiger partial charge in [-0.25, -0.2) is 4.98 Å². The van der Waals surface area contributed by atoms with E-state index >= 15 is 0 Å². The van der Waals surface area contributed by atoms with E-state index in [-0.39, 0.29) is 5.09 Å². The van der Waals surface area contributed by atoms with Gasteiger partial charge in [-0.15, -0.1) is 0 Å². The van der Waals surface area contributed by atoms with Gasteiger partial charge in [0.25, 0.3) is 10.0 Å². The molecule has 2 rings (SSSR count). The lowest BCUT2D eigenvalue weighted by Gasteiger charge is -2.06. The summed E-state index contributed by atoms with van der Waals surface area (Å²) in [6.07, 6.45) is 1.43. The Hall–Kier alpha value is -2.02. The Bertz CT molecular complexity index is 632. The molecule has 0 fully saturated rings. The highest BCUT2D eigenvalue weighted by Gasteiger charge is 2.18. The van der Waals surface area contributed by atoms with E-state index < -0.39 is 10.0 Å². The lowest BCUT2D eigenvalue weighted by atomic mass is 10.4. The first-order valence-electron chi connectivity index (χ1n) is 5.24. The molecule has 7 heteroatoms. The molecule has 0 radical (unpaired) electrons. The van der Waals surface area contributed by atoms with Gasteiger partial charge >= 0.3 is 0 Å². The van der Waals surface area contributed by atoms with Crippen molar-refractivity contribution in [1.82, 2.24) is 4.98 Å². The van der Waals surface area contributed by atoms with Crippen molar-refractivity contribution in [1.29, 1.82) is 0 Å². The molecule has 2 aromatic rings. The number of hydrogen-bond donors (Lipinski definition) is 2. The van der Waals surface area contributed by atoms with E-state index in [4.69, 9.17) is 4.42 Å². The smallest absolute Gasteiger partial charge is 0.295 e. The predicted molar refractivity (Wildman–Crippen MR) is 68.0 cm³/mol. The summed E-state index contributed by atoms with van der Waals surface area (Å²) in [6, 6.07) is 6.29. The molecule has 0 spiro atoms. The number of aryl methyl sites for hydroxylation is 1. The number of rotatable bonds is 4. The van der Waals surface area contributed by atoms with Crippen molar-refractivity contribution in [2.24, 2.45) is 0 Å². The van der Waals surface area contributed by atoms with E-state index in [1.807, 2.05) is 0 Å². The Morgan fingerprint density at radius 3 is 2.50 bits per heavy atom. The minimum Gasteiger partial charge on any atom is -0.448 e. The summed E-state index contributed by atoms with van der Waals surface area (Å²) in [5, 5.41) is 2.73. The van der Waals surface area contributed by atoms with Crippen molar-refractivity contribution in [3.63, 3.8) is 0 Å². The average molecular weight is 267 g/mol. The second-order valence-electron chi connectivity index (χ2n) is 3.65. The molecule has 6 nitrogen and oxygen atoms in total. The predicted octanol–water partition coefficient (Wildman–Crippen LogP) is 1.83. The maximum Gasteiger partial charge on any atom is 0.295 e. The standard InChI is InChI=1S/C11H13N3O3S/c1-8-3-6-11(17-8)18(15,16)14-9-4-5-10(12-2)13-7-9/h3-7,14H,1-2H3,(H,12,13). The minimum absolute atomic E-state index is 0.113. The van der Waals surface area contributed by atoms with Gasteiger partial charge in [0.1, 0.15) is 11.6 Å². The molecule has 0 aliphatic heterocycles. The summed E-state index contributed by atoms with van der Waals surface area (Å²) < 4.78 is 31.3. The van der Waals surface area contributed by atoms with Crippen LogP contribution in [0.3, 0.4) is 0 Å². The molecule has 0 aromatic carbocycles. The van der Waals surface area contributed by atoms with E-state index in [0.29, 0.717) is 17.3 Å². The first-order valence-corrected chi connectivity index (χ1v) is 6.72. The van der Waals surface area contributed by atoms with Crippen molar-refractivity contribution in [3.8, 4) is 0 Å². The van der Waals surface area contributed by atoms with Gasteiger partial charge in [0.15, 0.2) is 0 Å². The molecular weight excluding hydrogens is 254 g/mol. The highest BCUT2D eigenvalue weighted by atomic mass is 32.2. The zero-order chi connectivity index (χ0) is 13.2. The van der Waals surface area contributed by atoms with Crippen molar-refractivity contribution < 1.29 is 12.8 Å². The molecule has 0 amide bonds. The Morgan fingerprint density at radius 2 is 2.00 bits per heavy atom. The van der Waals surface area contributed by atoms with Crippen LogP contribution in [0.15, 0.2) is 40.0 Å². The van der Waals surface area contributed by atoms with Crippen molar-refractivity contribution in [3.05, 3.63) is 36.2 Å². The fourth-order valence-corrected chi connectivity index (χ4v) is 2.38. The molecule has 0 unspecified atom stereocenters. The third-order valence-electron chi connectivity index (χ3n) is 2.25. The zero-order valence-electron chi connectivity index (χ0n) is 9.97. The summed E-state index contributed by atoms with van der Waals surface area (Å²) in [7, 11) is -1.96. The maximum atomic E-state index is 11.9. The van der Waals surface area contributed by atoms with E-state index in [1.165, 1.54) is 12.3 Å². The van der Waals surface area contributed by atoms with Gasteiger partial charge in [0, 0.05) is 7.05 Å². The van der Waals surface area contributed by atoms with Crippen LogP contribution in [0.4, 0.5) is 11.5 Å². The molecule has 2 N–H and O–H groups in total. The lowest BCUT2D eigenvalue weighted by molar-refractivity contribution is 0.430. The monoisotopic (exact) mass is 267 g/mol. The Kier molecular flexibility index (Phi) is 3.24. The number of aromatic nitrogens is 1. The lowest BCUT2D eigenvalue weighted by Crippen LogP contribution is -2.12. The van der Waals surface area contributed by atoms with Gasteiger partial charge < -0.3 is 9.73 Å². The molecule has 2 aromatic heterocycles. The number of pyridine rings is 1. The molecule has 0 aliphatic rings. The number of hydrogen-bond acceptors (Lipinski definition) is 5. The number of nitrogens with zero attached hydrogens (tertiary/aromatic N) is 1. The van der Waals surface area contributed by atoms with Gasteiger partial charge in [0.05, 0.1) is 11.9 Å². The number of sulfonamides is 1. The fraction of sp³-hybridized carbons (Fsp3) is 0.182. The molecule has 2 heterocycles. The molecule has 0 aliphatic carbocycles. The van der Waals surface area contributed by atoms with Crippen molar-refractivity contribution in [2.75, 3.05) is 17.1 Å². The third kappa shape index (κ3) is 2.62. The van der Waals surface area contributed by atoms with E-state index in [1.54, 1.807) is 32.2 Å². The number of anilines is 2. The molecule has 0 atom stereocenters. The van der Waals surface area contributed by atoms with Gasteiger partial charge in [-0.2, -0.15) is 8.42 Å². The summed E-state index contributed by atoms with van der Waals surface area (Å²) >= 11 is 0. The van der Waals surface area contributed by atoms with Crippen LogP contribution in [0.5, 0.6) is 0 Å². The topological polar surface area (TPSA) is 84.2 Å². The number of furan rings is 1. The molecule has 0 saturated carbocycles. The second kappa shape index (κ2) is 4.69. The molecule has 96 valence electrons. The van der Waals surface area contributed by atoms with Gasteiger partial charge in [-0.3, -0.25) is 4.72 Å². The average Bonchev–Trinajstić information content (AvgIpc) is 2.77. The van der Waals surface area contributed by atoms with Crippen LogP contribution in [-0.4, -0.2) is 20.4 Å². The van der Waals surface area contributed by atoms with Crippen molar-refractivity contribution >= 4 is 21.5 Å². The van der Waals surface area contributed by atoms with Crippen LogP contribution in [0.25, 0.3) is 0 Å². The van der Waals surface area contributed by atoms with Crippen LogP contribution < -0.4 is 10.0 Å². The highest BCUT2D eigenvalue weighted by Crippen LogP contribution is 2.18. The molecule has 18 heavy (non-hydrogen) atoms. The third-order valence-corrected chi connectivity index (χ3v) is 3.51. The summed E-state index contributed by atoms with van der Waals surface area (Å²) in [6.45, 7) is 1.68. The largest absolute Gasteiger partial charge is 0.448 e. The van der Waals surface area contributed by atoms with Crippen LogP contribution in [0, 0.1) is 6.92 Å². The first kappa shape index (κ1) is 12.4. The van der Waals surface area contributed by atoms with Crippen LogP contribution in [0.2, 0.25) is 0 Å². The van der Waals surface area contributed by atoms with E-state index in [9.17, 15) is 8.42 Å². The van der Waals surface area contributed by atoms with Gasteiger partial charge in [-0.1, -0.05) is 0 Å². The Labute approximate surface area is 105 Å². The fourth-order valence-electron chi connectivity index (χ4n) is 1.36. The first-order chi connectivity index (χ1) is 8.51. The highest BCUT2D eigenvalue weighted by molar-refractivity contribution is 7.92. The maximum absolute atomic E-state index is 11.9. The SMILES string of the molecule is CNc1ccc(NS(=O)(=O)c2ccc(C)o2)cn1. The second-order valence-corrected chi connectivity index (χ2v) is 5.27.